The number of halogens is 1. The largest absolute Gasteiger partial charge is 0.475 e. The van der Waals surface area contributed by atoms with Crippen LogP contribution in [0.15, 0.2) is 33.2 Å². The molecule has 1 aromatic heterocycles. The lowest BCUT2D eigenvalue weighted by Crippen LogP contribution is -2.01. The fourth-order valence-electron chi connectivity index (χ4n) is 2.06. The average molecular weight is 338 g/mol. The summed E-state index contributed by atoms with van der Waals surface area (Å²) >= 11 is 3.45. The molecule has 0 aliphatic carbocycles. The van der Waals surface area contributed by atoms with Crippen molar-refractivity contribution in [3.63, 3.8) is 0 Å². The van der Waals surface area contributed by atoms with Crippen molar-refractivity contribution in [3.05, 3.63) is 51.4 Å². The first-order chi connectivity index (χ1) is 9.51. The smallest absolute Gasteiger partial charge is 0.372 e. The number of carbonyl (C=O) groups is 1. The van der Waals surface area contributed by atoms with Crippen LogP contribution < -0.4 is 5.32 Å². The highest BCUT2D eigenvalue weighted by Crippen LogP contribution is 2.23. The van der Waals surface area contributed by atoms with E-state index in [1.165, 1.54) is 5.56 Å². The summed E-state index contributed by atoms with van der Waals surface area (Å²) in [7, 11) is 0. The maximum atomic E-state index is 10.9. The van der Waals surface area contributed by atoms with Gasteiger partial charge in [0.15, 0.2) is 0 Å². The lowest BCUT2D eigenvalue weighted by molar-refractivity contribution is 0.0659. The molecule has 0 bridgehead atoms. The van der Waals surface area contributed by atoms with Gasteiger partial charge in [0, 0.05) is 15.7 Å². The fourth-order valence-corrected chi connectivity index (χ4v) is 2.47. The van der Waals surface area contributed by atoms with Gasteiger partial charge < -0.3 is 14.8 Å². The first kappa shape index (κ1) is 14.7. The van der Waals surface area contributed by atoms with Crippen LogP contribution >= 0.6 is 15.9 Å². The highest BCUT2D eigenvalue weighted by atomic mass is 79.9. The molecule has 2 N–H and O–H groups in total. The van der Waals surface area contributed by atoms with Crippen LogP contribution in [-0.2, 0) is 13.0 Å². The second-order valence-corrected chi connectivity index (χ2v) is 5.45. The van der Waals surface area contributed by atoms with Gasteiger partial charge in [0.2, 0.25) is 5.76 Å². The van der Waals surface area contributed by atoms with E-state index < -0.39 is 5.97 Å². The van der Waals surface area contributed by atoms with Crippen LogP contribution in [0.5, 0.6) is 0 Å². The van der Waals surface area contributed by atoms with E-state index >= 15 is 0 Å². The number of nitrogens with one attached hydrogen (secondary N) is 1. The Hall–Kier alpha value is -1.75. The number of hydrogen-bond donors (Lipinski definition) is 2. The average Bonchev–Trinajstić information content (AvgIpc) is 2.78. The van der Waals surface area contributed by atoms with E-state index in [1.807, 2.05) is 12.1 Å². The molecule has 0 aliphatic rings. The zero-order chi connectivity index (χ0) is 14.7. The second kappa shape index (κ2) is 6.13. The molecule has 20 heavy (non-hydrogen) atoms. The van der Waals surface area contributed by atoms with E-state index in [2.05, 4.69) is 34.2 Å². The number of aromatic carboxylic acids is 1. The quantitative estimate of drug-likeness (QED) is 0.857. The fraction of sp³-hybridized carbons (Fsp3) is 0.267. The molecule has 0 fully saturated rings. The van der Waals surface area contributed by atoms with Crippen LogP contribution in [0.25, 0.3) is 0 Å². The molecule has 0 atom stereocenters. The van der Waals surface area contributed by atoms with Crippen molar-refractivity contribution in [2.75, 3.05) is 5.32 Å². The molecule has 106 valence electrons. The van der Waals surface area contributed by atoms with Gasteiger partial charge in [-0.25, -0.2) is 4.79 Å². The molecule has 0 aliphatic heterocycles. The Morgan fingerprint density at radius 1 is 1.40 bits per heavy atom. The summed E-state index contributed by atoms with van der Waals surface area (Å²) in [6, 6.07) is 7.79. The highest BCUT2D eigenvalue weighted by molar-refractivity contribution is 9.10. The van der Waals surface area contributed by atoms with Crippen LogP contribution in [0.2, 0.25) is 0 Å². The predicted molar refractivity (Wildman–Crippen MR) is 81.3 cm³/mol. The summed E-state index contributed by atoms with van der Waals surface area (Å²) in [6.07, 6.45) is 0.916. The van der Waals surface area contributed by atoms with Crippen molar-refractivity contribution in [3.8, 4) is 0 Å². The van der Waals surface area contributed by atoms with Crippen LogP contribution in [0.3, 0.4) is 0 Å². The van der Waals surface area contributed by atoms with Crippen molar-refractivity contribution in [2.45, 2.75) is 26.8 Å². The number of hydrogen-bond acceptors (Lipinski definition) is 3. The third-order valence-electron chi connectivity index (χ3n) is 3.06. The molecule has 0 saturated heterocycles. The van der Waals surface area contributed by atoms with Gasteiger partial charge in [-0.3, -0.25) is 0 Å². The van der Waals surface area contributed by atoms with E-state index in [0.29, 0.717) is 17.9 Å². The predicted octanol–water partition coefficient (Wildman–Crippen LogP) is 4.22. The van der Waals surface area contributed by atoms with Crippen molar-refractivity contribution in [1.29, 1.82) is 0 Å². The zero-order valence-electron chi connectivity index (χ0n) is 11.4. The maximum absolute atomic E-state index is 10.9. The summed E-state index contributed by atoms with van der Waals surface area (Å²) in [5, 5.41) is 12.2. The van der Waals surface area contributed by atoms with Crippen molar-refractivity contribution >= 4 is 27.6 Å². The molecular formula is C15H16BrNO3. The molecule has 0 amide bonds. The minimum Gasteiger partial charge on any atom is -0.475 e. The lowest BCUT2D eigenvalue weighted by atomic mass is 10.1. The molecule has 0 spiro atoms. The topological polar surface area (TPSA) is 62.5 Å². The van der Waals surface area contributed by atoms with E-state index in [-0.39, 0.29) is 5.76 Å². The molecular weight excluding hydrogens is 322 g/mol. The van der Waals surface area contributed by atoms with Crippen molar-refractivity contribution in [2.24, 2.45) is 0 Å². The van der Waals surface area contributed by atoms with Gasteiger partial charge in [-0.05, 0) is 43.2 Å². The Morgan fingerprint density at radius 2 is 2.15 bits per heavy atom. The maximum Gasteiger partial charge on any atom is 0.372 e. The molecule has 1 aromatic carbocycles. The molecule has 2 rings (SSSR count). The molecule has 2 aromatic rings. The molecule has 4 nitrogen and oxygen atoms in total. The Labute approximate surface area is 125 Å². The van der Waals surface area contributed by atoms with Crippen LogP contribution in [0.4, 0.5) is 5.69 Å². The highest BCUT2D eigenvalue weighted by Gasteiger charge is 2.14. The third kappa shape index (κ3) is 3.22. The first-order valence-corrected chi connectivity index (χ1v) is 7.15. The Morgan fingerprint density at radius 3 is 2.75 bits per heavy atom. The Bertz CT molecular complexity index is 634. The SMILES string of the molecule is CCc1cc(Br)ccc1NCc1cc(C)c(C(=O)O)o1. The van der Waals surface area contributed by atoms with Gasteiger partial charge in [-0.1, -0.05) is 22.9 Å². The number of benzene rings is 1. The van der Waals surface area contributed by atoms with Crippen molar-refractivity contribution in [1.82, 2.24) is 0 Å². The molecule has 0 unspecified atom stereocenters. The van der Waals surface area contributed by atoms with Gasteiger partial charge in [0.05, 0.1) is 6.54 Å². The zero-order valence-corrected chi connectivity index (χ0v) is 13.0. The van der Waals surface area contributed by atoms with Gasteiger partial charge in [0.25, 0.3) is 0 Å². The summed E-state index contributed by atoms with van der Waals surface area (Å²) in [4.78, 5) is 10.9. The number of carboxylic acids is 1. The van der Waals surface area contributed by atoms with Crippen LogP contribution in [-0.4, -0.2) is 11.1 Å². The minimum atomic E-state index is -1.04. The van der Waals surface area contributed by atoms with Crippen LogP contribution in [0.1, 0.15) is 34.4 Å². The number of aryl methyl sites for hydroxylation is 2. The summed E-state index contributed by atoms with van der Waals surface area (Å²) in [6.45, 7) is 4.28. The molecule has 0 saturated carbocycles. The van der Waals surface area contributed by atoms with Crippen molar-refractivity contribution < 1.29 is 14.3 Å². The Kier molecular flexibility index (Phi) is 4.49. The third-order valence-corrected chi connectivity index (χ3v) is 3.56. The second-order valence-electron chi connectivity index (χ2n) is 4.54. The monoisotopic (exact) mass is 337 g/mol. The van der Waals surface area contributed by atoms with E-state index in [0.717, 1.165) is 16.6 Å². The minimum absolute atomic E-state index is 0.00770. The molecule has 0 radical (unpaired) electrons. The number of carboxylic acid groups (broad SMARTS) is 1. The number of rotatable bonds is 5. The number of anilines is 1. The molecule has 1 heterocycles. The van der Waals surface area contributed by atoms with Gasteiger partial charge in [-0.2, -0.15) is 0 Å². The standard InChI is InChI=1S/C15H16BrNO3/c1-3-10-7-11(16)4-5-13(10)17-8-12-6-9(2)14(20-12)15(18)19/h4-7,17H,3,8H2,1-2H3,(H,18,19). The van der Waals surface area contributed by atoms with Crippen LogP contribution in [0, 0.1) is 6.92 Å². The normalized spacial score (nSPS) is 10.6. The van der Waals surface area contributed by atoms with Gasteiger partial charge in [0.1, 0.15) is 5.76 Å². The summed E-state index contributed by atoms with van der Waals surface area (Å²) in [5.74, 6) is -0.412. The van der Waals surface area contributed by atoms with E-state index in [1.54, 1.807) is 13.0 Å². The lowest BCUT2D eigenvalue weighted by Gasteiger charge is -2.10. The van der Waals surface area contributed by atoms with E-state index in [4.69, 9.17) is 9.52 Å². The summed E-state index contributed by atoms with van der Waals surface area (Å²) < 4.78 is 6.37. The van der Waals surface area contributed by atoms with E-state index in [9.17, 15) is 4.79 Å². The summed E-state index contributed by atoms with van der Waals surface area (Å²) in [5.41, 5.74) is 2.86. The Balaban J connectivity index is 2.13. The number of furan rings is 1. The van der Waals surface area contributed by atoms with Gasteiger partial charge >= 0.3 is 5.97 Å². The first-order valence-electron chi connectivity index (χ1n) is 6.36. The van der Waals surface area contributed by atoms with Gasteiger partial charge in [-0.15, -0.1) is 0 Å². The molecule has 5 heteroatoms.